The number of piperidine rings is 1. The van der Waals surface area contributed by atoms with Crippen LogP contribution in [-0.4, -0.2) is 168 Å². The zero-order valence-electron chi connectivity index (χ0n) is 62.5. The van der Waals surface area contributed by atoms with Crippen molar-refractivity contribution in [1.29, 1.82) is 0 Å². The van der Waals surface area contributed by atoms with Crippen LogP contribution in [0.5, 0.6) is 17.2 Å². The molecule has 0 saturated carbocycles. The van der Waals surface area contributed by atoms with Gasteiger partial charge in [0.25, 0.3) is 23.5 Å². The Hall–Kier alpha value is -9.77. The van der Waals surface area contributed by atoms with E-state index >= 15 is 9.59 Å². The predicted octanol–water partition coefficient (Wildman–Crippen LogP) is 9.05. The highest BCUT2D eigenvalue weighted by molar-refractivity contribution is 7.22. The molecule has 106 heavy (non-hydrogen) atoms. The number of nitrogens with two attached hydrogens (primary N) is 1. The Kier molecular flexibility index (Phi) is 26.6. The Bertz CT molecular complexity index is 4300. The molecule has 0 unspecified atom stereocenters. The van der Waals surface area contributed by atoms with E-state index in [0.717, 1.165) is 34.8 Å². The van der Waals surface area contributed by atoms with Gasteiger partial charge in [-0.15, -0.1) is 11.3 Å². The quantitative estimate of drug-likeness (QED) is 0.00993. The fraction of sp³-hybridized carbons (Fsp3) is 0.500. The lowest BCUT2D eigenvalue weighted by atomic mass is 9.79. The summed E-state index contributed by atoms with van der Waals surface area (Å²) in [6.45, 7) is 18.5. The topological polar surface area (TPSA) is 366 Å². The summed E-state index contributed by atoms with van der Waals surface area (Å²) in [7, 11) is 5.58. The van der Waals surface area contributed by atoms with E-state index in [9.17, 15) is 48.6 Å². The lowest BCUT2D eigenvalue weighted by Gasteiger charge is -2.36. The van der Waals surface area contributed by atoms with Gasteiger partial charge in [0, 0.05) is 118 Å². The van der Waals surface area contributed by atoms with Gasteiger partial charge in [-0.05, 0) is 120 Å². The molecule has 4 bridgehead atoms. The molecule has 28 heteroatoms. The number of urea groups is 1. The highest BCUT2D eigenvalue weighted by atomic mass is 32.1. The third-order valence-corrected chi connectivity index (χ3v) is 21.5. The van der Waals surface area contributed by atoms with Gasteiger partial charge < -0.3 is 76.0 Å². The van der Waals surface area contributed by atoms with Gasteiger partial charge in [0.1, 0.15) is 53.2 Å². The molecular formula is C78H100N10O17S. The summed E-state index contributed by atoms with van der Waals surface area (Å²) in [5.41, 5.74) is 6.61. The zero-order valence-corrected chi connectivity index (χ0v) is 63.4. The Balaban J connectivity index is 1.06. The number of amides is 8. The molecule has 0 aromatic heterocycles. The van der Waals surface area contributed by atoms with Crippen LogP contribution >= 0.6 is 11.3 Å². The van der Waals surface area contributed by atoms with E-state index in [1.165, 1.54) is 46.3 Å². The molecule has 3 aromatic rings. The minimum absolute atomic E-state index is 0.0330. The average Bonchev–Trinajstić information content (AvgIpc) is 1.53. The number of aliphatic hydroxyl groups excluding tert-OH is 1. The molecule has 5 aliphatic heterocycles. The summed E-state index contributed by atoms with van der Waals surface area (Å²) in [6, 6.07) is 8.07. The lowest BCUT2D eigenvalue weighted by molar-refractivity contribution is -0.159. The average molecular weight is 1480 g/mol. The van der Waals surface area contributed by atoms with Gasteiger partial charge in [0.15, 0.2) is 0 Å². The van der Waals surface area contributed by atoms with Crippen LogP contribution in [-0.2, 0) is 54.4 Å². The van der Waals surface area contributed by atoms with E-state index in [1.807, 2.05) is 45.9 Å². The molecular weight excluding hydrogens is 1380 g/mol. The Labute approximate surface area is 621 Å². The summed E-state index contributed by atoms with van der Waals surface area (Å²) >= 11 is 1.14. The van der Waals surface area contributed by atoms with Crippen molar-refractivity contribution in [1.82, 2.24) is 30.7 Å². The number of nitrogens with one attached hydrogen (secondary N) is 5. The lowest BCUT2D eigenvalue weighted by Crippen LogP contribution is -2.54. The number of ketones is 1. The highest BCUT2D eigenvalue weighted by Crippen LogP contribution is 2.52. The maximum atomic E-state index is 15.5. The van der Waals surface area contributed by atoms with Crippen LogP contribution in [0.1, 0.15) is 142 Å². The van der Waals surface area contributed by atoms with Crippen molar-refractivity contribution >= 4 is 103 Å². The second-order valence-corrected chi connectivity index (χ2v) is 30.0. The number of imide groups is 1. The molecule has 9 rings (SSSR count). The number of rotatable bonds is 23. The number of esters is 1. The van der Waals surface area contributed by atoms with Crippen molar-refractivity contribution in [2.75, 3.05) is 62.9 Å². The van der Waals surface area contributed by atoms with E-state index in [-0.39, 0.29) is 112 Å². The number of methoxy groups -OCH3 is 1. The fourth-order valence-corrected chi connectivity index (χ4v) is 15.3. The van der Waals surface area contributed by atoms with E-state index in [0.29, 0.717) is 72.0 Å². The van der Waals surface area contributed by atoms with E-state index in [4.69, 9.17) is 34.4 Å². The van der Waals surface area contributed by atoms with Gasteiger partial charge >= 0.3 is 17.8 Å². The molecule has 8 amide bonds. The van der Waals surface area contributed by atoms with E-state index in [1.54, 1.807) is 63.3 Å². The molecule has 5 heterocycles. The number of benzene rings is 4. The standard InChI is InChI=1S/C78H100N10O17S/c1-41(2)63(83-57(90)22-15-14-16-33-88-58(91)27-28-59(88)92)76(99)82-53(21-18-32-80-77(79)100)75(98)81-50-25-23-49(24-26-50)40-102-55-38-52(87-34-29-51(30-35-87)86(11)12)39-56-64(55)84-65-60-61-68(94)47(8)71-62(60)73(96)78(10,105-71)103-36-31-54(101-13)45(6)70(104-48(9)89)46(7)67(93)44(5)37-42(3)19-17-20-43(4)74(97)85-66(69(61)95)72(65)106-56/h17,19-20,23-28,31,36,38-39,41-42,44-46,51,53-54,63,67,70,93-94H,14-16,18,21-22,29-30,32-35,37,40H2,1-13H3,(H,81,98)(H,82,99)(H,83,90)(H,85,97)(H3,79,80,100)/b19-17+,36-31+,43-20-/t42-,44+,45+,46+,53-,54-,63-,67+,70+,78-/m0/s1. The van der Waals surface area contributed by atoms with E-state index < -0.39 is 107 Å². The molecule has 1 aliphatic carbocycles. The van der Waals surface area contributed by atoms with Gasteiger partial charge in [0.2, 0.25) is 23.2 Å². The third kappa shape index (κ3) is 18.7. The second-order valence-electron chi connectivity index (χ2n) is 28.9. The predicted molar refractivity (Wildman–Crippen MR) is 403 cm³/mol. The summed E-state index contributed by atoms with van der Waals surface area (Å²) in [5.74, 6) is -8.60. The van der Waals surface area contributed by atoms with Gasteiger partial charge in [-0.2, -0.15) is 0 Å². The first-order chi connectivity index (χ1) is 50.3. The summed E-state index contributed by atoms with van der Waals surface area (Å²) in [5, 5.41) is 37.7. The monoisotopic (exact) mass is 1480 g/mol. The number of fused-ring (bicyclic) bond motifs is 2. The number of carbonyl (C=O) groups excluding carboxylic acids is 9. The van der Waals surface area contributed by atoms with E-state index in [2.05, 4.69) is 50.5 Å². The number of aromatic nitrogens is 1. The molecule has 1 fully saturated rings. The molecule has 3 aromatic carbocycles. The number of anilines is 3. The number of carbonyl (C=O) groups is 9. The van der Waals surface area contributed by atoms with Crippen molar-refractivity contribution < 1.29 is 77.0 Å². The Morgan fingerprint density at radius 2 is 1.60 bits per heavy atom. The van der Waals surface area contributed by atoms with Crippen LogP contribution in [0.2, 0.25) is 0 Å². The van der Waals surface area contributed by atoms with Crippen molar-refractivity contribution in [2.45, 2.75) is 176 Å². The van der Waals surface area contributed by atoms with Crippen LogP contribution < -0.4 is 52.1 Å². The minimum atomic E-state index is -2.12. The number of hydrogen-bond donors (Lipinski definition) is 8. The summed E-state index contributed by atoms with van der Waals surface area (Å²) < 4.78 is 31.9. The molecule has 1 saturated heterocycles. The highest BCUT2D eigenvalue weighted by Gasteiger charge is 2.50. The van der Waals surface area contributed by atoms with Crippen LogP contribution in [0.25, 0.3) is 31.6 Å². The van der Waals surface area contributed by atoms with Crippen molar-refractivity contribution in [3.8, 4) is 27.8 Å². The van der Waals surface area contributed by atoms with Gasteiger partial charge in [-0.25, -0.2) is 9.78 Å². The van der Waals surface area contributed by atoms with Crippen molar-refractivity contribution in [3.05, 3.63) is 112 Å². The number of aromatic hydroxyl groups is 1. The molecule has 10 atom stereocenters. The van der Waals surface area contributed by atoms with Crippen LogP contribution in [0, 0.1) is 36.5 Å². The van der Waals surface area contributed by atoms with Crippen molar-refractivity contribution in [2.24, 2.45) is 35.3 Å². The maximum Gasteiger partial charge on any atom is 0.312 e. The third-order valence-electron chi connectivity index (χ3n) is 20.4. The molecule has 0 spiro atoms. The number of Topliss-reactive ketones (excluding diaryl/α,β-unsaturated/α-hetero) is 1. The maximum absolute atomic E-state index is 15.5. The number of primary amides is 1. The minimum Gasteiger partial charge on any atom is -0.507 e. The smallest absolute Gasteiger partial charge is 0.312 e. The molecule has 570 valence electrons. The van der Waals surface area contributed by atoms with Crippen LogP contribution in [0.15, 0.2) is 89.5 Å². The first-order valence-corrected chi connectivity index (χ1v) is 37.0. The SMILES string of the molecule is CO[C@H]1/C=C/O[C@@]2(C)Oc3c(C)c(O)c4c(=O)c(c5sc6cc(N7CCC(N(C)C)CC7)cc(OCc7ccc(NC(=O)[C@H](CCCNC(N)=O)NC(=O)[C@@H](NC(=O)CCCCCN8C(=O)C=CC8=O)C(C)C)cc7)c6nc-5c4c3C2=O)NC(=O)/C(C)=C\C=C\[C@H](C)C[C@@H](C)[C@@H](O)[C@@H](C)[C@H](OC(C)=O)[C@@H]1C. The second kappa shape index (κ2) is 35.1. The van der Waals surface area contributed by atoms with Gasteiger partial charge in [-0.1, -0.05) is 78.3 Å². The molecule has 0 radical (unpaired) electrons. The summed E-state index contributed by atoms with van der Waals surface area (Å²) in [6.07, 6.45) is 12.0. The van der Waals surface area contributed by atoms with Crippen LogP contribution in [0.4, 0.5) is 21.9 Å². The number of aliphatic hydroxyl groups is 1. The van der Waals surface area contributed by atoms with Gasteiger partial charge in [-0.3, -0.25) is 48.1 Å². The number of allylic oxidation sites excluding steroid dienone is 3. The first kappa shape index (κ1) is 80.3. The molecule has 9 N–H and O–H groups in total. The number of ether oxygens (including phenoxy) is 5. The number of phenols is 1. The Morgan fingerprint density at radius 1 is 0.906 bits per heavy atom. The number of phenolic OH excluding ortho intramolecular Hbond substituents is 1. The van der Waals surface area contributed by atoms with Crippen molar-refractivity contribution in [3.63, 3.8) is 0 Å². The number of nitrogens with zero attached hydrogens (tertiary/aromatic N) is 4. The van der Waals surface area contributed by atoms with Crippen LogP contribution in [0.3, 0.4) is 0 Å². The van der Waals surface area contributed by atoms with Gasteiger partial charge in [0.05, 0.1) is 44.7 Å². The zero-order chi connectivity index (χ0) is 77.2. The Morgan fingerprint density at radius 3 is 2.25 bits per heavy atom. The fourth-order valence-electron chi connectivity index (χ4n) is 14.1. The number of unbranched alkanes of at least 4 members (excludes halogenated alkanes) is 2. The normalized spacial score (nSPS) is 23.5. The first-order valence-electron chi connectivity index (χ1n) is 36.2. The largest absolute Gasteiger partial charge is 0.507 e. The molecule has 6 aliphatic rings. The summed E-state index contributed by atoms with van der Waals surface area (Å²) in [4.78, 5) is 146. The number of hydrogen-bond acceptors (Lipinski definition) is 21. The molecule has 27 nitrogen and oxygen atoms in total.